The van der Waals surface area contributed by atoms with Crippen LogP contribution in [-0.2, 0) is 0 Å². The Kier molecular flexibility index (Phi) is 7.69. The molecule has 0 bridgehead atoms. The first-order chi connectivity index (χ1) is 19.3. The fourth-order valence-corrected chi connectivity index (χ4v) is 6.25. The Morgan fingerprint density at radius 1 is 0.732 bits per heavy atom. The number of phenolic OH excluding ortho intramolecular Hbond substituents is 1. The number of rotatable bonds is 7. The number of fused-ring (bicyclic) bond motifs is 1. The first-order valence-electron chi connectivity index (χ1n) is 14.7. The Hall–Kier alpha value is -3.70. The number of hydrogen-bond donors (Lipinski definition) is 1. The summed E-state index contributed by atoms with van der Waals surface area (Å²) in [6.07, 6.45) is 2.05. The molecule has 1 N–H and O–H groups in total. The average molecular weight is 563 g/mol. The van der Waals surface area contributed by atoms with Gasteiger partial charge in [0.15, 0.2) is 5.58 Å². The van der Waals surface area contributed by atoms with Gasteiger partial charge in [0.25, 0.3) is 0 Å². The van der Waals surface area contributed by atoms with Gasteiger partial charge >= 0.3 is 0 Å². The van der Waals surface area contributed by atoms with Gasteiger partial charge in [-0.15, -0.1) is 0 Å². The van der Waals surface area contributed by atoms with Crippen molar-refractivity contribution in [2.45, 2.75) is 78.9 Å². The number of oxazole rings is 1. The van der Waals surface area contributed by atoms with Gasteiger partial charge < -0.3 is 9.52 Å². The van der Waals surface area contributed by atoms with Crippen molar-refractivity contribution in [1.82, 2.24) is 9.97 Å². The lowest BCUT2D eigenvalue weighted by atomic mass is 9.92. The van der Waals surface area contributed by atoms with Crippen LogP contribution in [0.1, 0.15) is 76.0 Å². The fourth-order valence-electron chi connectivity index (χ4n) is 5.21. The van der Waals surface area contributed by atoms with Crippen LogP contribution in [0.25, 0.3) is 44.9 Å². The molecule has 5 aromatic rings. The maximum atomic E-state index is 11.3. The summed E-state index contributed by atoms with van der Waals surface area (Å²) in [5, 5.41) is 12.6. The minimum absolute atomic E-state index is 0.179. The van der Waals surface area contributed by atoms with Gasteiger partial charge in [0.05, 0.1) is 19.3 Å². The molecule has 0 saturated heterocycles. The largest absolute Gasteiger partial charge is 0.507 e. The van der Waals surface area contributed by atoms with Crippen molar-refractivity contribution in [2.75, 3.05) is 0 Å². The molecule has 2 aromatic heterocycles. The Bertz CT molecular complexity index is 1710. The molecule has 0 radical (unpaired) electrons. The van der Waals surface area contributed by atoms with E-state index < -0.39 is 8.07 Å². The minimum Gasteiger partial charge on any atom is -0.507 e. The predicted octanol–water partition coefficient (Wildman–Crippen LogP) is 9.84. The summed E-state index contributed by atoms with van der Waals surface area (Å²) in [5.41, 5.74) is 9.60. The summed E-state index contributed by atoms with van der Waals surface area (Å²) >= 11 is 0. The van der Waals surface area contributed by atoms with E-state index in [2.05, 4.69) is 110 Å². The van der Waals surface area contributed by atoms with E-state index in [4.69, 9.17) is 14.4 Å². The van der Waals surface area contributed by atoms with E-state index >= 15 is 0 Å². The van der Waals surface area contributed by atoms with Gasteiger partial charge in [-0.05, 0) is 75.5 Å². The minimum atomic E-state index is -1.43. The zero-order valence-corrected chi connectivity index (χ0v) is 26.8. The van der Waals surface area contributed by atoms with Crippen molar-refractivity contribution >= 4 is 24.4 Å². The first-order valence-corrected chi connectivity index (χ1v) is 18.2. The van der Waals surface area contributed by atoms with E-state index in [9.17, 15) is 5.11 Å². The van der Waals surface area contributed by atoms with E-state index in [1.54, 1.807) is 0 Å². The number of benzene rings is 3. The smallest absolute Gasteiger partial charge is 0.231 e. The topological polar surface area (TPSA) is 59.2 Å². The van der Waals surface area contributed by atoms with Gasteiger partial charge in [-0.1, -0.05) is 91.5 Å². The number of aromatic hydroxyl groups is 1. The Morgan fingerprint density at radius 2 is 1.41 bits per heavy atom. The molecule has 212 valence electrons. The molecule has 0 unspecified atom stereocenters. The van der Waals surface area contributed by atoms with E-state index in [0.29, 0.717) is 28.9 Å². The summed E-state index contributed by atoms with van der Waals surface area (Å²) in [5.74, 6) is 1.54. The molecule has 0 aliphatic carbocycles. The second-order valence-corrected chi connectivity index (χ2v) is 18.2. The van der Waals surface area contributed by atoms with Crippen molar-refractivity contribution < 1.29 is 9.52 Å². The molecule has 3 aromatic carbocycles. The molecule has 0 amide bonds. The molecule has 0 fully saturated rings. The molecule has 41 heavy (non-hydrogen) atoms. The van der Waals surface area contributed by atoms with Gasteiger partial charge in [-0.2, -0.15) is 0 Å². The molecule has 4 nitrogen and oxygen atoms in total. The molecule has 5 heteroatoms. The fraction of sp³-hybridized carbons (Fsp3) is 0.333. The van der Waals surface area contributed by atoms with Gasteiger partial charge in [0.2, 0.25) is 5.89 Å². The van der Waals surface area contributed by atoms with Crippen molar-refractivity contribution in [3.63, 3.8) is 0 Å². The second-order valence-electron chi connectivity index (χ2n) is 13.2. The van der Waals surface area contributed by atoms with Crippen LogP contribution in [0.2, 0.25) is 19.6 Å². The van der Waals surface area contributed by atoms with E-state index in [1.165, 1.54) is 10.8 Å². The lowest BCUT2D eigenvalue weighted by Gasteiger charge is -2.17. The standard InChI is InChI=1S/C36H42N2O2Si/c1-21(2)24-15-26(17-27(16-24)32-14-13-28(20-37-32)41(7,8)9)29-11-10-12-33-34(29)38-36(40-33)31-19-25(22(3)4)18-30(23(5)6)35(31)39/h10-23,39H,1-9H3. The van der Waals surface area contributed by atoms with Crippen molar-refractivity contribution in [1.29, 1.82) is 0 Å². The average Bonchev–Trinajstić information content (AvgIpc) is 3.36. The third kappa shape index (κ3) is 5.73. The van der Waals surface area contributed by atoms with E-state index in [1.807, 2.05) is 18.2 Å². The SMILES string of the molecule is CC(C)c1cc(-c2ccc([Si](C)(C)C)cn2)cc(-c2cccc3oc(-c4cc(C(C)C)cc(C(C)C)c4O)nc23)c1. The summed E-state index contributed by atoms with van der Waals surface area (Å²) < 4.78 is 6.32. The molecular weight excluding hydrogens is 520 g/mol. The number of hydrogen-bond acceptors (Lipinski definition) is 4. The molecule has 0 atom stereocenters. The number of pyridine rings is 1. The predicted molar refractivity (Wildman–Crippen MR) is 175 cm³/mol. The van der Waals surface area contributed by atoms with Crippen LogP contribution < -0.4 is 5.19 Å². The van der Waals surface area contributed by atoms with Crippen LogP contribution in [0.5, 0.6) is 5.75 Å². The Labute approximate surface area is 245 Å². The second kappa shape index (κ2) is 10.9. The van der Waals surface area contributed by atoms with Crippen molar-refractivity contribution in [2.24, 2.45) is 0 Å². The summed E-state index contributed by atoms with van der Waals surface area (Å²) in [7, 11) is -1.43. The van der Waals surface area contributed by atoms with Gasteiger partial charge in [0.1, 0.15) is 11.3 Å². The third-order valence-corrected chi connectivity index (χ3v) is 9.99. The van der Waals surface area contributed by atoms with Crippen molar-refractivity contribution in [3.05, 3.63) is 83.6 Å². The lowest BCUT2D eigenvalue weighted by molar-refractivity contribution is 0.463. The van der Waals surface area contributed by atoms with Crippen LogP contribution >= 0.6 is 0 Å². The molecule has 0 spiro atoms. The number of aromatic nitrogens is 2. The van der Waals surface area contributed by atoms with Crippen LogP contribution in [0.15, 0.2) is 71.3 Å². The van der Waals surface area contributed by atoms with E-state index in [-0.39, 0.29) is 11.7 Å². The molecule has 2 heterocycles. The van der Waals surface area contributed by atoms with Gasteiger partial charge in [0, 0.05) is 17.3 Å². The quantitative estimate of drug-likeness (QED) is 0.201. The van der Waals surface area contributed by atoms with Gasteiger partial charge in [-0.25, -0.2) is 4.98 Å². The summed E-state index contributed by atoms with van der Waals surface area (Å²) in [6, 6.07) is 21.3. The van der Waals surface area contributed by atoms with Crippen LogP contribution in [0.4, 0.5) is 0 Å². The molecule has 0 aliphatic heterocycles. The number of phenols is 1. The number of nitrogens with zero attached hydrogens (tertiary/aromatic N) is 2. The zero-order chi connectivity index (χ0) is 29.6. The summed E-state index contributed by atoms with van der Waals surface area (Å²) in [4.78, 5) is 9.88. The maximum absolute atomic E-state index is 11.3. The number of para-hydroxylation sites is 1. The highest BCUT2D eigenvalue weighted by Crippen LogP contribution is 2.41. The molecule has 0 aliphatic rings. The normalized spacial score (nSPS) is 12.3. The third-order valence-electron chi connectivity index (χ3n) is 7.96. The lowest BCUT2D eigenvalue weighted by Crippen LogP contribution is -2.37. The van der Waals surface area contributed by atoms with Crippen LogP contribution in [0.3, 0.4) is 0 Å². The first kappa shape index (κ1) is 28.8. The molecule has 5 rings (SSSR count). The zero-order valence-electron chi connectivity index (χ0n) is 25.8. The van der Waals surface area contributed by atoms with Gasteiger partial charge in [-0.3, -0.25) is 4.98 Å². The highest BCUT2D eigenvalue weighted by Gasteiger charge is 2.22. The molecular formula is C36H42N2O2Si. The Morgan fingerprint density at radius 3 is 2.02 bits per heavy atom. The monoisotopic (exact) mass is 562 g/mol. The van der Waals surface area contributed by atoms with E-state index in [0.717, 1.165) is 39.0 Å². The summed E-state index contributed by atoms with van der Waals surface area (Å²) in [6.45, 7) is 20.0. The highest BCUT2D eigenvalue weighted by atomic mass is 28.3. The molecule has 0 saturated carbocycles. The highest BCUT2D eigenvalue weighted by molar-refractivity contribution is 6.88. The maximum Gasteiger partial charge on any atom is 0.231 e. The van der Waals surface area contributed by atoms with Crippen LogP contribution in [-0.4, -0.2) is 23.1 Å². The van der Waals surface area contributed by atoms with Crippen molar-refractivity contribution in [3.8, 4) is 39.6 Å². The Balaban J connectivity index is 1.66. The van der Waals surface area contributed by atoms with Crippen LogP contribution in [0, 0.1) is 0 Å².